The number of carbonyl (C=O) groups is 2. The number of nitrogens with one attached hydrogen (secondary N) is 1. The maximum atomic E-state index is 12.7. The first-order chi connectivity index (χ1) is 15.9. The number of sulfonamides is 1. The van der Waals surface area contributed by atoms with E-state index in [2.05, 4.69) is 17.4 Å². The zero-order valence-corrected chi connectivity index (χ0v) is 19.4. The first-order valence-corrected chi connectivity index (χ1v) is 13.1. The quantitative estimate of drug-likeness (QED) is 0.708. The number of aryl methyl sites for hydroxylation is 2. The molecule has 0 aromatic heterocycles. The van der Waals surface area contributed by atoms with Gasteiger partial charge in [0.2, 0.25) is 21.8 Å². The second kappa shape index (κ2) is 8.91. The van der Waals surface area contributed by atoms with Crippen LogP contribution in [0.1, 0.15) is 42.4 Å². The van der Waals surface area contributed by atoms with Crippen molar-refractivity contribution in [1.82, 2.24) is 9.62 Å². The fourth-order valence-corrected chi connectivity index (χ4v) is 6.57. The minimum Gasteiger partial charge on any atom is -0.352 e. The molecule has 1 aliphatic carbocycles. The number of benzene rings is 2. The van der Waals surface area contributed by atoms with Crippen LogP contribution in [-0.2, 0) is 39.0 Å². The van der Waals surface area contributed by atoms with E-state index in [-0.39, 0.29) is 29.0 Å². The van der Waals surface area contributed by atoms with E-state index in [1.807, 2.05) is 6.07 Å². The molecule has 3 aliphatic rings. The Morgan fingerprint density at radius 3 is 2.45 bits per heavy atom. The van der Waals surface area contributed by atoms with Crippen LogP contribution < -0.4 is 10.2 Å². The van der Waals surface area contributed by atoms with Crippen LogP contribution in [0.2, 0.25) is 0 Å². The Hall–Kier alpha value is -2.71. The van der Waals surface area contributed by atoms with E-state index in [9.17, 15) is 18.0 Å². The number of hydrogen-bond acceptors (Lipinski definition) is 4. The number of rotatable bonds is 6. The van der Waals surface area contributed by atoms with E-state index >= 15 is 0 Å². The van der Waals surface area contributed by atoms with Gasteiger partial charge in [0.25, 0.3) is 0 Å². The predicted octanol–water partition coefficient (Wildman–Crippen LogP) is 2.63. The van der Waals surface area contributed by atoms with E-state index in [0.29, 0.717) is 26.2 Å². The predicted molar refractivity (Wildman–Crippen MR) is 125 cm³/mol. The highest BCUT2D eigenvalue weighted by atomic mass is 32.2. The van der Waals surface area contributed by atoms with Gasteiger partial charge in [0.1, 0.15) is 0 Å². The van der Waals surface area contributed by atoms with Crippen molar-refractivity contribution in [1.29, 1.82) is 0 Å². The van der Waals surface area contributed by atoms with Crippen LogP contribution in [0.15, 0.2) is 47.4 Å². The van der Waals surface area contributed by atoms with Crippen LogP contribution in [0.25, 0.3) is 0 Å². The fourth-order valence-electron chi connectivity index (χ4n) is 5.05. The number of hydrogen-bond donors (Lipinski definition) is 1. The molecule has 33 heavy (non-hydrogen) atoms. The summed E-state index contributed by atoms with van der Waals surface area (Å²) in [6, 6.07) is 12.9. The molecule has 174 valence electrons. The average Bonchev–Trinajstić information content (AvgIpc) is 3.58. The second-order valence-electron chi connectivity index (χ2n) is 9.18. The lowest BCUT2D eigenvalue weighted by atomic mass is 10.1. The Kier molecular flexibility index (Phi) is 5.97. The number of nitrogens with zero attached hydrogens (tertiary/aromatic N) is 2. The molecular weight excluding hydrogens is 438 g/mol. The van der Waals surface area contributed by atoms with E-state index < -0.39 is 10.0 Å². The van der Waals surface area contributed by atoms with Crippen molar-refractivity contribution >= 4 is 27.5 Å². The zero-order valence-electron chi connectivity index (χ0n) is 18.6. The Morgan fingerprint density at radius 1 is 0.970 bits per heavy atom. The molecule has 1 N–H and O–H groups in total. The highest BCUT2D eigenvalue weighted by Gasteiger charge is 2.35. The van der Waals surface area contributed by atoms with Crippen LogP contribution in [0, 0.1) is 5.92 Å². The molecule has 0 radical (unpaired) electrons. The zero-order chi connectivity index (χ0) is 23.0. The minimum absolute atomic E-state index is 0.0235. The highest BCUT2D eigenvalue weighted by molar-refractivity contribution is 7.89. The lowest BCUT2D eigenvalue weighted by molar-refractivity contribution is -0.126. The Balaban J connectivity index is 1.18. The van der Waals surface area contributed by atoms with Crippen molar-refractivity contribution in [2.45, 2.75) is 50.0 Å². The molecule has 1 unspecified atom stereocenters. The first kappa shape index (κ1) is 22.1. The number of fused-ring (bicyclic) bond motifs is 1. The first-order valence-electron chi connectivity index (χ1n) is 11.7. The van der Waals surface area contributed by atoms with Crippen LogP contribution in [0.4, 0.5) is 5.69 Å². The molecule has 1 atom stereocenters. The number of amides is 2. The van der Waals surface area contributed by atoms with E-state index in [1.165, 1.54) is 15.4 Å². The van der Waals surface area contributed by atoms with Crippen molar-refractivity contribution in [3.05, 3.63) is 59.2 Å². The van der Waals surface area contributed by atoms with Crippen molar-refractivity contribution in [3.63, 3.8) is 0 Å². The summed E-state index contributed by atoms with van der Waals surface area (Å²) in [7, 11) is -3.44. The average molecular weight is 468 g/mol. The van der Waals surface area contributed by atoms with Gasteiger partial charge in [-0.05, 0) is 73.1 Å². The molecule has 0 spiro atoms. The monoisotopic (exact) mass is 467 g/mol. The van der Waals surface area contributed by atoms with E-state index in [0.717, 1.165) is 43.4 Å². The molecule has 8 heteroatoms. The normalized spacial score (nSPS) is 20.9. The van der Waals surface area contributed by atoms with Gasteiger partial charge in [-0.2, -0.15) is 4.31 Å². The van der Waals surface area contributed by atoms with Crippen molar-refractivity contribution in [3.8, 4) is 0 Å². The van der Waals surface area contributed by atoms with Crippen LogP contribution >= 0.6 is 0 Å². The number of carbonyl (C=O) groups excluding carboxylic acids is 2. The maximum absolute atomic E-state index is 12.7. The summed E-state index contributed by atoms with van der Waals surface area (Å²) in [6.45, 7) is 1.83. The maximum Gasteiger partial charge on any atom is 0.243 e. The van der Waals surface area contributed by atoms with Gasteiger partial charge in [-0.3, -0.25) is 9.59 Å². The third-order valence-corrected chi connectivity index (χ3v) is 8.90. The summed E-state index contributed by atoms with van der Waals surface area (Å²) >= 11 is 0. The van der Waals surface area contributed by atoms with Gasteiger partial charge in [-0.1, -0.05) is 18.2 Å². The molecule has 2 saturated heterocycles. The molecule has 5 rings (SSSR count). The second-order valence-corrected chi connectivity index (χ2v) is 11.1. The van der Waals surface area contributed by atoms with Gasteiger partial charge in [-0.15, -0.1) is 0 Å². The smallest absolute Gasteiger partial charge is 0.243 e. The van der Waals surface area contributed by atoms with Gasteiger partial charge >= 0.3 is 0 Å². The van der Waals surface area contributed by atoms with Gasteiger partial charge in [-0.25, -0.2) is 8.42 Å². The van der Waals surface area contributed by atoms with Gasteiger partial charge in [0.05, 0.1) is 10.8 Å². The molecule has 2 amide bonds. The Morgan fingerprint density at radius 2 is 1.70 bits per heavy atom. The molecule has 2 aliphatic heterocycles. The minimum atomic E-state index is -3.44. The van der Waals surface area contributed by atoms with Crippen LogP contribution in [0.5, 0.6) is 0 Å². The summed E-state index contributed by atoms with van der Waals surface area (Å²) in [6.07, 6.45) is 5.31. The Labute approximate surface area is 194 Å². The molecule has 2 aromatic carbocycles. The summed E-state index contributed by atoms with van der Waals surface area (Å²) in [4.78, 5) is 27.3. The van der Waals surface area contributed by atoms with Crippen molar-refractivity contribution in [2.75, 3.05) is 24.5 Å². The summed E-state index contributed by atoms with van der Waals surface area (Å²) in [5.41, 5.74) is 4.37. The molecule has 0 saturated carbocycles. The van der Waals surface area contributed by atoms with Crippen LogP contribution in [-0.4, -0.2) is 44.2 Å². The lowest BCUT2D eigenvalue weighted by Crippen LogP contribution is -2.32. The van der Waals surface area contributed by atoms with Gasteiger partial charge in [0, 0.05) is 38.3 Å². The Bertz CT molecular complexity index is 1170. The molecular formula is C25H29N3O4S. The lowest BCUT2D eigenvalue weighted by Gasteiger charge is -2.18. The van der Waals surface area contributed by atoms with E-state index in [1.54, 1.807) is 29.2 Å². The summed E-state index contributed by atoms with van der Waals surface area (Å²) < 4.78 is 26.8. The summed E-state index contributed by atoms with van der Waals surface area (Å²) in [5.74, 6) is -0.564. The van der Waals surface area contributed by atoms with Gasteiger partial charge in [0.15, 0.2) is 0 Å². The van der Waals surface area contributed by atoms with Gasteiger partial charge < -0.3 is 10.2 Å². The van der Waals surface area contributed by atoms with Crippen LogP contribution in [0.3, 0.4) is 0 Å². The van der Waals surface area contributed by atoms with Crippen molar-refractivity contribution in [2.24, 2.45) is 5.92 Å². The van der Waals surface area contributed by atoms with Crippen molar-refractivity contribution < 1.29 is 18.0 Å². The number of anilines is 1. The molecule has 2 heterocycles. The highest BCUT2D eigenvalue weighted by Crippen LogP contribution is 2.30. The standard InChI is InChI=1S/C25H29N3O4S/c29-24-15-21(17-28(24)22-9-8-19-4-3-5-20(19)14-22)25(30)26-16-18-6-10-23(11-7-18)33(31,32)27-12-1-2-13-27/h6-11,14,21H,1-5,12-13,15-17H2,(H,26,30). The molecule has 7 nitrogen and oxygen atoms in total. The third kappa shape index (κ3) is 4.42. The largest absolute Gasteiger partial charge is 0.352 e. The fraction of sp³-hybridized carbons (Fsp3) is 0.440. The SMILES string of the molecule is O=C(NCc1ccc(S(=O)(=O)N2CCCC2)cc1)C1CC(=O)N(c2ccc3c(c2)CCC3)C1. The van der Waals surface area contributed by atoms with E-state index in [4.69, 9.17) is 0 Å². The molecule has 2 aromatic rings. The molecule has 0 bridgehead atoms. The molecule has 2 fully saturated rings. The topological polar surface area (TPSA) is 86.8 Å². The third-order valence-electron chi connectivity index (χ3n) is 6.98. The summed E-state index contributed by atoms with van der Waals surface area (Å²) in [5, 5.41) is 2.91.